The summed E-state index contributed by atoms with van der Waals surface area (Å²) in [6.45, 7) is 0.327. The maximum absolute atomic E-state index is 12.3. The van der Waals surface area contributed by atoms with Crippen LogP contribution < -0.4 is 11.1 Å². The van der Waals surface area contributed by atoms with Crippen LogP contribution in [0.2, 0.25) is 0 Å². The number of cyclic esters (lactones) is 2. The number of carbonyl (C=O) groups is 6. The third kappa shape index (κ3) is 6.88. The highest BCUT2D eigenvalue weighted by Crippen LogP contribution is 2.31. The number of benzene rings is 3. The van der Waals surface area contributed by atoms with E-state index in [1.54, 1.807) is 42.5 Å². The van der Waals surface area contributed by atoms with Gasteiger partial charge in [-0.1, -0.05) is 40.2 Å². The molecule has 232 valence electrons. The highest BCUT2D eigenvalue weighted by Gasteiger charge is 2.39. The lowest BCUT2D eigenvalue weighted by Crippen LogP contribution is -2.52. The second kappa shape index (κ2) is 13.9. The zero-order valence-corrected chi connectivity index (χ0v) is 25.2. The van der Waals surface area contributed by atoms with Gasteiger partial charge in [-0.25, -0.2) is 14.4 Å². The summed E-state index contributed by atoms with van der Waals surface area (Å²) in [5, 5.41) is 13.2. The number of alkyl halides is 1. The first kappa shape index (κ1) is 32.5. The van der Waals surface area contributed by atoms with Crippen molar-refractivity contribution in [3.63, 3.8) is 0 Å². The van der Waals surface area contributed by atoms with Gasteiger partial charge in [0, 0.05) is 41.2 Å². The number of hydrogen-bond donors (Lipinski definition) is 2. The Kier molecular flexibility index (Phi) is 10.0. The van der Waals surface area contributed by atoms with Gasteiger partial charge in [0.05, 0.1) is 34.3 Å². The second-order valence-corrected chi connectivity index (χ2v) is 10.2. The molecule has 45 heavy (non-hydrogen) atoms. The van der Waals surface area contributed by atoms with E-state index in [4.69, 9.17) is 5.73 Å². The molecule has 3 aromatic carbocycles. The van der Waals surface area contributed by atoms with Crippen LogP contribution >= 0.6 is 15.9 Å². The summed E-state index contributed by atoms with van der Waals surface area (Å²) < 4.78 is 8.88. The number of ether oxygens (including phenoxy) is 2. The maximum Gasteiger partial charge on any atom is 0.346 e. The topological polar surface area (TPSA) is 205 Å². The molecule has 0 saturated carbocycles. The van der Waals surface area contributed by atoms with Gasteiger partial charge in [0.25, 0.3) is 11.6 Å². The van der Waals surface area contributed by atoms with E-state index in [1.165, 1.54) is 30.2 Å². The van der Waals surface area contributed by atoms with Crippen molar-refractivity contribution in [3.8, 4) is 0 Å². The summed E-state index contributed by atoms with van der Waals surface area (Å²) in [7, 11) is 1.24. The Balaban J connectivity index is 0.000000159. The monoisotopic (exact) mass is 680 g/mol. The molecular weight excluding hydrogens is 656 g/mol. The molecule has 0 aromatic heterocycles. The van der Waals surface area contributed by atoms with Crippen molar-refractivity contribution in [1.82, 2.24) is 10.2 Å². The quantitative estimate of drug-likeness (QED) is 0.0777. The Morgan fingerprint density at radius 2 is 1.64 bits per heavy atom. The third-order valence-electron chi connectivity index (χ3n) is 7.06. The average molecular weight is 681 g/mol. The van der Waals surface area contributed by atoms with Gasteiger partial charge in [0.1, 0.15) is 6.04 Å². The summed E-state index contributed by atoms with van der Waals surface area (Å²) in [5.41, 5.74) is 8.88. The number of carbonyl (C=O) groups excluding carboxylic acids is 6. The molecule has 3 aromatic rings. The van der Waals surface area contributed by atoms with Crippen LogP contribution in [0.1, 0.15) is 65.4 Å². The molecule has 0 radical (unpaired) electrons. The van der Waals surface area contributed by atoms with Crippen molar-refractivity contribution in [1.29, 1.82) is 0 Å². The molecule has 3 N–H and O–H groups in total. The van der Waals surface area contributed by atoms with Gasteiger partial charge in [0.15, 0.2) is 0 Å². The largest absolute Gasteiger partial charge is 0.465 e. The lowest BCUT2D eigenvalue weighted by atomic mass is 10.0. The van der Waals surface area contributed by atoms with Gasteiger partial charge in [-0.15, -0.1) is 0 Å². The van der Waals surface area contributed by atoms with E-state index in [0.29, 0.717) is 40.9 Å². The average Bonchev–Trinajstić information content (AvgIpc) is 3.52. The summed E-state index contributed by atoms with van der Waals surface area (Å²) >= 11 is 3.11. The number of rotatable bonds is 4. The fourth-order valence-corrected chi connectivity index (χ4v) is 5.42. The molecule has 1 fully saturated rings. The first-order valence-corrected chi connectivity index (χ1v) is 14.4. The SMILES string of the molecule is COC(=O)c1cccc([N+](=O)[O-])c1CBr.Nc1cccc2c1CN(C1CCC(=O)NC1=O)C2=O.O=C1OC(=O)c2ccccc21. The number of anilines is 1. The van der Waals surface area contributed by atoms with Crippen molar-refractivity contribution in [2.75, 3.05) is 12.8 Å². The number of nitro benzene ring substituents is 1. The lowest BCUT2D eigenvalue weighted by molar-refractivity contribution is -0.385. The van der Waals surface area contributed by atoms with Crippen LogP contribution in [0.25, 0.3) is 0 Å². The normalized spacial score (nSPS) is 16.3. The highest BCUT2D eigenvalue weighted by atomic mass is 79.9. The van der Waals surface area contributed by atoms with Crippen molar-refractivity contribution in [2.45, 2.75) is 30.8 Å². The minimum Gasteiger partial charge on any atom is -0.465 e. The number of piperidine rings is 1. The predicted octanol–water partition coefficient (Wildman–Crippen LogP) is 3.30. The van der Waals surface area contributed by atoms with Crippen LogP contribution in [0.3, 0.4) is 0 Å². The molecule has 0 aliphatic carbocycles. The van der Waals surface area contributed by atoms with Crippen LogP contribution in [-0.2, 0) is 30.9 Å². The Labute approximate surface area is 263 Å². The Hall–Kier alpha value is -5.44. The number of nitrogens with two attached hydrogens (primary N) is 1. The predicted molar refractivity (Wildman–Crippen MR) is 160 cm³/mol. The Morgan fingerprint density at radius 1 is 1.02 bits per heavy atom. The molecule has 1 unspecified atom stereocenters. The van der Waals surface area contributed by atoms with E-state index in [0.717, 1.165) is 5.56 Å². The number of amides is 3. The zero-order chi connectivity index (χ0) is 32.8. The molecular formula is C30H25BrN4O10. The molecule has 1 atom stereocenters. The van der Waals surface area contributed by atoms with Crippen LogP contribution in [0.5, 0.6) is 0 Å². The van der Waals surface area contributed by atoms with Gasteiger partial charge in [0.2, 0.25) is 11.8 Å². The van der Waals surface area contributed by atoms with E-state index in [2.05, 4.69) is 30.7 Å². The number of halogens is 1. The molecule has 0 spiro atoms. The summed E-state index contributed by atoms with van der Waals surface area (Å²) in [5.74, 6) is -2.57. The molecule has 6 rings (SSSR count). The fraction of sp³-hybridized carbons (Fsp3) is 0.200. The number of methoxy groups -OCH3 is 1. The molecule has 3 aliphatic heterocycles. The van der Waals surface area contributed by atoms with Gasteiger partial charge in [-0.05, 0) is 36.8 Å². The Morgan fingerprint density at radius 3 is 2.20 bits per heavy atom. The minimum absolute atomic E-state index is 0.0882. The first-order valence-electron chi connectivity index (χ1n) is 13.3. The molecule has 1 saturated heterocycles. The molecule has 3 aliphatic rings. The summed E-state index contributed by atoms with van der Waals surface area (Å²) in [4.78, 5) is 79.8. The molecule has 0 bridgehead atoms. The highest BCUT2D eigenvalue weighted by molar-refractivity contribution is 9.08. The lowest BCUT2D eigenvalue weighted by Gasteiger charge is -2.29. The van der Waals surface area contributed by atoms with Crippen molar-refractivity contribution < 1.29 is 43.2 Å². The van der Waals surface area contributed by atoms with Gasteiger partial charge >= 0.3 is 17.9 Å². The number of nitrogens with zero attached hydrogens (tertiary/aromatic N) is 2. The van der Waals surface area contributed by atoms with Gasteiger partial charge < -0.3 is 20.1 Å². The Bertz CT molecular complexity index is 1710. The second-order valence-electron chi connectivity index (χ2n) is 9.68. The third-order valence-corrected chi connectivity index (χ3v) is 7.62. The summed E-state index contributed by atoms with van der Waals surface area (Å²) in [6.07, 6.45) is 0.621. The van der Waals surface area contributed by atoms with Gasteiger partial charge in [-0.3, -0.25) is 29.8 Å². The number of imide groups is 1. The first-order chi connectivity index (χ1) is 21.5. The maximum atomic E-state index is 12.3. The van der Waals surface area contributed by atoms with E-state index in [1.807, 2.05) is 0 Å². The number of nitrogens with one attached hydrogen (secondary N) is 1. The molecule has 15 heteroatoms. The minimum atomic E-state index is -0.586. The van der Waals surface area contributed by atoms with E-state index in [9.17, 15) is 38.9 Å². The van der Waals surface area contributed by atoms with E-state index < -0.39 is 34.8 Å². The number of nitrogen functional groups attached to an aromatic ring is 1. The van der Waals surface area contributed by atoms with Crippen LogP contribution in [-0.4, -0.2) is 58.6 Å². The number of nitro groups is 1. The van der Waals surface area contributed by atoms with Crippen molar-refractivity contribution >= 4 is 62.9 Å². The molecule has 3 amide bonds. The number of esters is 3. The van der Waals surface area contributed by atoms with Crippen molar-refractivity contribution in [2.24, 2.45) is 0 Å². The van der Waals surface area contributed by atoms with Crippen LogP contribution in [0, 0.1) is 10.1 Å². The van der Waals surface area contributed by atoms with Crippen LogP contribution in [0.4, 0.5) is 11.4 Å². The van der Waals surface area contributed by atoms with Crippen molar-refractivity contribution in [3.05, 3.63) is 104 Å². The number of hydrogen-bond acceptors (Lipinski definition) is 11. The van der Waals surface area contributed by atoms with E-state index in [-0.39, 0.29) is 34.8 Å². The number of fused-ring (bicyclic) bond motifs is 2. The molecule has 3 heterocycles. The fourth-order valence-electron chi connectivity index (χ4n) is 4.83. The standard InChI is InChI=1S/C13H13N3O3.C9H8BrNO4.C8H4O3/c14-9-3-1-2-7-8(9)6-16(13(7)19)10-4-5-11(17)15-12(10)18;1-15-9(12)6-3-2-4-8(11(13)14)7(6)5-10;9-7-5-3-1-2-4-6(5)8(10)11-7/h1-3,10H,4-6,14H2,(H,15,17,18);2-4H,5H2,1H3;1-4H. The zero-order valence-electron chi connectivity index (χ0n) is 23.6. The van der Waals surface area contributed by atoms with Gasteiger partial charge in [-0.2, -0.15) is 0 Å². The van der Waals surface area contributed by atoms with E-state index >= 15 is 0 Å². The molecule has 14 nitrogen and oxygen atoms in total. The summed E-state index contributed by atoms with van der Waals surface area (Å²) in [6, 6.07) is 15.4. The smallest absolute Gasteiger partial charge is 0.346 e. The van der Waals surface area contributed by atoms with Crippen LogP contribution in [0.15, 0.2) is 60.7 Å².